The van der Waals surface area contributed by atoms with Crippen LogP contribution in [0.2, 0.25) is 0 Å². The van der Waals surface area contributed by atoms with E-state index in [0.29, 0.717) is 22.4 Å². The predicted octanol–water partition coefficient (Wildman–Crippen LogP) is 4.25. The summed E-state index contributed by atoms with van der Waals surface area (Å²) >= 11 is 0. The van der Waals surface area contributed by atoms with E-state index in [-0.39, 0.29) is 18.8 Å². The zero-order valence-electron chi connectivity index (χ0n) is 19.1. The van der Waals surface area contributed by atoms with Gasteiger partial charge in [-0.05, 0) is 48.0 Å². The highest BCUT2D eigenvalue weighted by Crippen LogP contribution is 2.29. The topological polar surface area (TPSA) is 93.3 Å². The van der Waals surface area contributed by atoms with Crippen molar-refractivity contribution in [3.63, 3.8) is 0 Å². The molecule has 0 fully saturated rings. The van der Waals surface area contributed by atoms with Crippen molar-refractivity contribution in [3.05, 3.63) is 114 Å². The van der Waals surface area contributed by atoms with Gasteiger partial charge in [-0.1, -0.05) is 53.7 Å². The molecule has 0 aliphatic heterocycles. The van der Waals surface area contributed by atoms with Gasteiger partial charge in [-0.2, -0.15) is 0 Å². The molecule has 0 saturated carbocycles. The Hall–Kier alpha value is -4.79. The fourth-order valence-corrected chi connectivity index (χ4v) is 4.04. The summed E-state index contributed by atoms with van der Waals surface area (Å²) in [5, 5.41) is 11.1. The van der Waals surface area contributed by atoms with Crippen LogP contribution in [0.15, 0.2) is 102 Å². The summed E-state index contributed by atoms with van der Waals surface area (Å²) in [5.41, 5.74) is 2.11. The van der Waals surface area contributed by atoms with E-state index < -0.39 is 23.7 Å². The minimum atomic E-state index is -1.08. The number of fused-ring (bicyclic) bond motifs is 1. The number of rotatable bonds is 8. The fraction of sp³-hybridized carbons (Fsp3) is 0.111. The number of carbonyl (C=O) groups is 2. The quantitative estimate of drug-likeness (QED) is 0.356. The molecule has 0 radical (unpaired) electrons. The summed E-state index contributed by atoms with van der Waals surface area (Å²) in [7, 11) is 0. The molecule has 180 valence electrons. The van der Waals surface area contributed by atoms with Crippen molar-refractivity contribution in [1.29, 1.82) is 0 Å². The Balaban J connectivity index is 1.54. The molecule has 1 atom stereocenters. The third kappa shape index (κ3) is 4.85. The van der Waals surface area contributed by atoms with E-state index in [0.717, 1.165) is 0 Å². The third-order valence-corrected chi connectivity index (χ3v) is 5.70. The van der Waals surface area contributed by atoms with Crippen LogP contribution in [-0.2, 0) is 22.7 Å². The van der Waals surface area contributed by atoms with Gasteiger partial charge in [0.25, 0.3) is 0 Å². The molecule has 0 spiro atoms. The van der Waals surface area contributed by atoms with Crippen molar-refractivity contribution in [2.24, 2.45) is 0 Å². The predicted molar refractivity (Wildman–Crippen MR) is 131 cm³/mol. The average Bonchev–Trinajstić information content (AvgIpc) is 3.56. The van der Waals surface area contributed by atoms with Crippen LogP contribution in [0.3, 0.4) is 0 Å². The second-order valence-corrected chi connectivity index (χ2v) is 8.09. The monoisotopic (exact) mass is 483 g/mol. The summed E-state index contributed by atoms with van der Waals surface area (Å²) in [6.07, 6.45) is 1.52. The van der Waals surface area contributed by atoms with Crippen molar-refractivity contribution in [1.82, 2.24) is 20.3 Å². The number of hydrogen-bond donors (Lipinski definition) is 1. The van der Waals surface area contributed by atoms with E-state index in [4.69, 9.17) is 4.42 Å². The number of benzene rings is 3. The van der Waals surface area contributed by atoms with Gasteiger partial charge in [-0.15, -0.1) is 5.10 Å². The van der Waals surface area contributed by atoms with Gasteiger partial charge >= 0.3 is 0 Å². The second-order valence-electron chi connectivity index (χ2n) is 8.09. The largest absolute Gasteiger partial charge is 0.467 e. The molecule has 1 N–H and O–H groups in total. The van der Waals surface area contributed by atoms with Gasteiger partial charge < -0.3 is 9.73 Å². The molecule has 2 aromatic heterocycles. The number of furan rings is 1. The first-order chi connectivity index (χ1) is 17.6. The number of carbonyl (C=O) groups excluding carboxylic acids is 2. The van der Waals surface area contributed by atoms with Crippen molar-refractivity contribution in [2.45, 2.75) is 19.1 Å². The molecular weight excluding hydrogens is 461 g/mol. The van der Waals surface area contributed by atoms with Crippen LogP contribution < -0.4 is 10.2 Å². The maximum absolute atomic E-state index is 14.3. The number of nitrogens with zero attached hydrogens (tertiary/aromatic N) is 4. The Labute approximate surface area is 205 Å². The summed E-state index contributed by atoms with van der Waals surface area (Å²) in [6.45, 7) is -0.0696. The first-order valence-corrected chi connectivity index (χ1v) is 11.3. The van der Waals surface area contributed by atoms with Crippen LogP contribution in [-0.4, -0.2) is 26.8 Å². The van der Waals surface area contributed by atoms with E-state index >= 15 is 0 Å². The van der Waals surface area contributed by atoms with Crippen LogP contribution in [0.25, 0.3) is 11.0 Å². The highest BCUT2D eigenvalue weighted by Gasteiger charge is 2.33. The molecular formula is C27H22FN5O3. The second kappa shape index (κ2) is 10.2. The van der Waals surface area contributed by atoms with E-state index in [9.17, 15) is 14.0 Å². The number of nitrogens with one attached hydrogen (secondary N) is 1. The molecule has 5 rings (SSSR count). The Morgan fingerprint density at radius 3 is 2.56 bits per heavy atom. The summed E-state index contributed by atoms with van der Waals surface area (Å²) in [6, 6.07) is 24.1. The molecule has 0 aliphatic rings. The molecule has 2 heterocycles. The lowest BCUT2D eigenvalue weighted by Gasteiger charge is -2.31. The van der Waals surface area contributed by atoms with Crippen LogP contribution in [0, 0.1) is 5.82 Å². The third-order valence-electron chi connectivity index (χ3n) is 5.70. The van der Waals surface area contributed by atoms with Gasteiger partial charge in [-0.25, -0.2) is 9.07 Å². The Morgan fingerprint density at radius 2 is 1.78 bits per heavy atom. The maximum atomic E-state index is 14.3. The minimum Gasteiger partial charge on any atom is -0.467 e. The van der Waals surface area contributed by atoms with Crippen molar-refractivity contribution in [2.75, 3.05) is 4.90 Å². The Morgan fingerprint density at radius 1 is 0.972 bits per heavy atom. The first kappa shape index (κ1) is 23.0. The van der Waals surface area contributed by atoms with Gasteiger partial charge in [0, 0.05) is 5.69 Å². The number of aromatic nitrogens is 3. The molecule has 0 aliphatic carbocycles. The summed E-state index contributed by atoms with van der Waals surface area (Å²) in [5.74, 6) is -0.871. The van der Waals surface area contributed by atoms with E-state index in [1.807, 2.05) is 18.2 Å². The number of halogens is 1. The Kier molecular flexibility index (Phi) is 6.53. The minimum absolute atomic E-state index is 0.133. The molecule has 9 heteroatoms. The van der Waals surface area contributed by atoms with E-state index in [1.54, 1.807) is 54.6 Å². The lowest BCUT2D eigenvalue weighted by Crippen LogP contribution is -2.45. The standard InChI is InChI=1S/C27H22FN5O3/c28-20-10-6-11-21(16-20)33(25(34)18-32-24-14-5-4-13-23(24)30-31-32)26(19-8-2-1-3-9-19)27(35)29-17-22-12-7-15-36-22/h1-16,26H,17-18H2,(H,29,35)/t26-/m0/s1. The molecule has 2 amide bonds. The lowest BCUT2D eigenvalue weighted by molar-refractivity contribution is -0.127. The van der Waals surface area contributed by atoms with Crippen molar-refractivity contribution >= 4 is 28.5 Å². The van der Waals surface area contributed by atoms with Gasteiger partial charge in [-0.3, -0.25) is 14.5 Å². The van der Waals surface area contributed by atoms with Gasteiger partial charge in [0.15, 0.2) is 0 Å². The van der Waals surface area contributed by atoms with Gasteiger partial charge in [0.2, 0.25) is 11.8 Å². The normalized spacial score (nSPS) is 11.8. The highest BCUT2D eigenvalue weighted by molar-refractivity contribution is 6.01. The summed E-state index contributed by atoms with van der Waals surface area (Å²) in [4.78, 5) is 28.7. The zero-order chi connectivity index (χ0) is 24.9. The van der Waals surface area contributed by atoms with Crippen molar-refractivity contribution in [3.8, 4) is 0 Å². The molecule has 5 aromatic rings. The first-order valence-electron chi connectivity index (χ1n) is 11.3. The van der Waals surface area contributed by atoms with E-state index in [1.165, 1.54) is 34.0 Å². The number of para-hydroxylation sites is 1. The van der Waals surface area contributed by atoms with Crippen LogP contribution in [0.4, 0.5) is 10.1 Å². The number of anilines is 1. The van der Waals surface area contributed by atoms with Crippen molar-refractivity contribution < 1.29 is 18.4 Å². The average molecular weight is 484 g/mol. The molecule has 3 aromatic carbocycles. The lowest BCUT2D eigenvalue weighted by atomic mass is 10.0. The van der Waals surface area contributed by atoms with Crippen LogP contribution in [0.5, 0.6) is 0 Å². The highest BCUT2D eigenvalue weighted by atomic mass is 19.1. The maximum Gasteiger partial charge on any atom is 0.249 e. The molecule has 0 unspecified atom stereocenters. The molecule has 8 nitrogen and oxygen atoms in total. The zero-order valence-corrected chi connectivity index (χ0v) is 19.1. The Bertz CT molecular complexity index is 1480. The van der Waals surface area contributed by atoms with Crippen LogP contribution in [0.1, 0.15) is 17.4 Å². The molecule has 0 saturated heterocycles. The molecule has 0 bridgehead atoms. The SMILES string of the molecule is O=C(NCc1ccco1)[C@H](c1ccccc1)N(C(=O)Cn1nnc2ccccc21)c1cccc(F)c1. The van der Waals surface area contributed by atoms with E-state index in [2.05, 4.69) is 15.6 Å². The van der Waals surface area contributed by atoms with Crippen LogP contribution >= 0.6 is 0 Å². The number of amides is 2. The molecule has 36 heavy (non-hydrogen) atoms. The smallest absolute Gasteiger partial charge is 0.249 e. The number of hydrogen-bond acceptors (Lipinski definition) is 5. The summed E-state index contributed by atoms with van der Waals surface area (Å²) < 4.78 is 21.1. The fourth-order valence-electron chi connectivity index (χ4n) is 4.04. The van der Waals surface area contributed by atoms with Gasteiger partial charge in [0.05, 0.1) is 18.3 Å². The van der Waals surface area contributed by atoms with Gasteiger partial charge in [0.1, 0.15) is 29.7 Å².